The predicted octanol–water partition coefficient (Wildman–Crippen LogP) is 3.47. The highest BCUT2D eigenvalue weighted by Crippen LogP contribution is 2.30. The van der Waals surface area contributed by atoms with Crippen molar-refractivity contribution in [3.05, 3.63) is 70.8 Å². The number of nitrogens with one attached hydrogen (secondary N) is 1. The number of hydrogen-bond donors (Lipinski definition) is 2. The number of carbonyl (C=O) groups excluding carboxylic acids is 2. The summed E-state index contributed by atoms with van der Waals surface area (Å²) in [7, 11) is 0. The first-order valence-electron chi connectivity index (χ1n) is 10.1. The topological polar surface area (TPSA) is 86.7 Å². The molecule has 2 unspecified atom stereocenters. The van der Waals surface area contributed by atoms with E-state index in [1.54, 1.807) is 36.4 Å². The molecule has 0 radical (unpaired) electrons. The standard InChI is InChI=1S/C23H24N2O4/c26-21-19-7-3-4-8-20(19)22(27)25(21)18-6-2-1-5-17(13-18)24-14-15-9-11-16(12-10-15)23(28)29/h3-4,7-12,17-18,24H,1-2,5-6,13-14H2,(H,28,29). The van der Waals surface area contributed by atoms with E-state index in [-0.39, 0.29) is 29.5 Å². The molecule has 0 aromatic heterocycles. The highest BCUT2D eigenvalue weighted by molar-refractivity contribution is 6.21. The number of aromatic carboxylic acids is 1. The number of nitrogens with zero attached hydrogens (tertiary/aromatic N) is 1. The van der Waals surface area contributed by atoms with Crippen molar-refractivity contribution in [2.45, 2.75) is 50.7 Å². The molecular formula is C23H24N2O4. The number of carboxylic acid groups (broad SMARTS) is 1. The SMILES string of the molecule is O=C(O)c1ccc(CNC2CCCCC(N3C(=O)c4ccccc4C3=O)C2)cc1. The molecule has 0 bridgehead atoms. The largest absolute Gasteiger partial charge is 0.478 e. The van der Waals surface area contributed by atoms with E-state index < -0.39 is 5.97 Å². The van der Waals surface area contributed by atoms with Gasteiger partial charge >= 0.3 is 5.97 Å². The molecule has 2 amide bonds. The summed E-state index contributed by atoms with van der Waals surface area (Å²) in [5.41, 5.74) is 2.29. The zero-order valence-electron chi connectivity index (χ0n) is 16.1. The third-order valence-electron chi connectivity index (χ3n) is 5.88. The molecule has 1 fully saturated rings. The van der Waals surface area contributed by atoms with E-state index >= 15 is 0 Å². The van der Waals surface area contributed by atoms with Crippen LogP contribution in [0.5, 0.6) is 0 Å². The van der Waals surface area contributed by atoms with Crippen LogP contribution in [0.15, 0.2) is 48.5 Å². The quantitative estimate of drug-likeness (QED) is 0.601. The average molecular weight is 392 g/mol. The lowest BCUT2D eigenvalue weighted by atomic mass is 10.0. The first-order valence-corrected chi connectivity index (χ1v) is 10.1. The van der Waals surface area contributed by atoms with Gasteiger partial charge in [0.15, 0.2) is 0 Å². The van der Waals surface area contributed by atoms with Gasteiger partial charge in [0, 0.05) is 18.6 Å². The molecule has 1 aliphatic heterocycles. The molecule has 0 spiro atoms. The Morgan fingerprint density at radius 2 is 1.59 bits per heavy atom. The summed E-state index contributed by atoms with van der Waals surface area (Å²) in [4.78, 5) is 38.1. The van der Waals surface area contributed by atoms with Crippen LogP contribution in [-0.4, -0.2) is 39.9 Å². The maximum Gasteiger partial charge on any atom is 0.335 e. The summed E-state index contributed by atoms with van der Waals surface area (Å²) in [5, 5.41) is 12.5. The Balaban J connectivity index is 1.42. The second-order valence-electron chi connectivity index (χ2n) is 7.78. The van der Waals surface area contributed by atoms with Gasteiger partial charge in [-0.3, -0.25) is 14.5 Å². The molecule has 2 atom stereocenters. The summed E-state index contributed by atoms with van der Waals surface area (Å²) in [6.07, 6.45) is 4.60. The number of rotatable bonds is 5. The van der Waals surface area contributed by atoms with Crippen LogP contribution in [0.4, 0.5) is 0 Å². The third kappa shape index (κ3) is 3.93. The minimum atomic E-state index is -0.933. The number of hydrogen-bond acceptors (Lipinski definition) is 4. The summed E-state index contributed by atoms with van der Waals surface area (Å²) < 4.78 is 0. The van der Waals surface area contributed by atoms with Crippen molar-refractivity contribution in [3.8, 4) is 0 Å². The van der Waals surface area contributed by atoms with Gasteiger partial charge in [0.05, 0.1) is 16.7 Å². The van der Waals surface area contributed by atoms with Gasteiger partial charge < -0.3 is 10.4 Å². The molecule has 150 valence electrons. The van der Waals surface area contributed by atoms with E-state index in [0.717, 1.165) is 37.7 Å². The predicted molar refractivity (Wildman–Crippen MR) is 108 cm³/mol. The van der Waals surface area contributed by atoms with Crippen molar-refractivity contribution in [1.82, 2.24) is 10.2 Å². The van der Waals surface area contributed by atoms with Crippen molar-refractivity contribution in [1.29, 1.82) is 0 Å². The van der Waals surface area contributed by atoms with Gasteiger partial charge in [0.1, 0.15) is 0 Å². The van der Waals surface area contributed by atoms with E-state index in [1.807, 2.05) is 12.1 Å². The van der Waals surface area contributed by atoms with Crippen molar-refractivity contribution in [2.75, 3.05) is 0 Å². The number of amides is 2. The number of carboxylic acids is 1. The average Bonchev–Trinajstić information content (AvgIpc) is 2.88. The van der Waals surface area contributed by atoms with Crippen LogP contribution in [0, 0.1) is 0 Å². The fourth-order valence-electron chi connectivity index (χ4n) is 4.32. The molecule has 2 aliphatic rings. The molecule has 6 heteroatoms. The highest BCUT2D eigenvalue weighted by atomic mass is 16.4. The maximum absolute atomic E-state index is 12.8. The van der Waals surface area contributed by atoms with E-state index in [9.17, 15) is 14.4 Å². The second-order valence-corrected chi connectivity index (χ2v) is 7.78. The molecule has 1 heterocycles. The Labute approximate surface area is 169 Å². The molecule has 0 saturated heterocycles. The normalized spacial score (nSPS) is 21.7. The van der Waals surface area contributed by atoms with Gasteiger partial charge in [0.2, 0.25) is 0 Å². The number of imide groups is 1. The minimum Gasteiger partial charge on any atom is -0.478 e. The Morgan fingerprint density at radius 3 is 2.21 bits per heavy atom. The van der Waals surface area contributed by atoms with Crippen LogP contribution in [-0.2, 0) is 6.54 Å². The first-order chi connectivity index (χ1) is 14.0. The minimum absolute atomic E-state index is 0.100. The third-order valence-corrected chi connectivity index (χ3v) is 5.88. The van der Waals surface area contributed by atoms with Gasteiger partial charge in [-0.15, -0.1) is 0 Å². The smallest absolute Gasteiger partial charge is 0.335 e. The lowest BCUT2D eigenvalue weighted by Gasteiger charge is -2.28. The van der Waals surface area contributed by atoms with Crippen LogP contribution in [0.3, 0.4) is 0 Å². The fraction of sp³-hybridized carbons (Fsp3) is 0.348. The molecule has 6 nitrogen and oxygen atoms in total. The Kier molecular flexibility index (Phi) is 5.45. The maximum atomic E-state index is 12.8. The molecule has 2 aromatic rings. The second kappa shape index (κ2) is 8.17. The molecule has 2 aromatic carbocycles. The number of carbonyl (C=O) groups is 3. The van der Waals surface area contributed by atoms with Crippen molar-refractivity contribution in [2.24, 2.45) is 0 Å². The lowest BCUT2D eigenvalue weighted by Crippen LogP contribution is -2.43. The summed E-state index contributed by atoms with van der Waals surface area (Å²) in [6, 6.07) is 14.0. The van der Waals surface area contributed by atoms with E-state index in [1.165, 1.54) is 4.90 Å². The Bertz CT molecular complexity index is 903. The molecule has 1 saturated carbocycles. The number of fused-ring (bicyclic) bond motifs is 1. The summed E-state index contributed by atoms with van der Waals surface area (Å²) >= 11 is 0. The Hall–Kier alpha value is -2.99. The molecular weight excluding hydrogens is 368 g/mol. The van der Waals surface area contributed by atoms with E-state index in [0.29, 0.717) is 17.7 Å². The molecule has 2 N–H and O–H groups in total. The Morgan fingerprint density at radius 1 is 0.966 bits per heavy atom. The van der Waals surface area contributed by atoms with E-state index in [2.05, 4.69) is 5.32 Å². The van der Waals surface area contributed by atoms with Gasteiger partial charge in [-0.2, -0.15) is 0 Å². The van der Waals surface area contributed by atoms with E-state index in [4.69, 9.17) is 5.11 Å². The first kappa shape index (κ1) is 19.3. The van der Waals surface area contributed by atoms with Crippen LogP contribution >= 0.6 is 0 Å². The van der Waals surface area contributed by atoms with Crippen molar-refractivity contribution in [3.63, 3.8) is 0 Å². The van der Waals surface area contributed by atoms with Gasteiger partial charge in [-0.1, -0.05) is 37.1 Å². The van der Waals surface area contributed by atoms with Gasteiger partial charge in [-0.05, 0) is 49.1 Å². The lowest BCUT2D eigenvalue weighted by molar-refractivity contribution is 0.0562. The number of benzene rings is 2. The van der Waals surface area contributed by atoms with Gasteiger partial charge in [0.25, 0.3) is 11.8 Å². The fourth-order valence-corrected chi connectivity index (χ4v) is 4.32. The molecule has 4 rings (SSSR count). The zero-order chi connectivity index (χ0) is 20.4. The zero-order valence-corrected chi connectivity index (χ0v) is 16.1. The van der Waals surface area contributed by atoms with Crippen LogP contribution in [0.2, 0.25) is 0 Å². The van der Waals surface area contributed by atoms with Crippen LogP contribution in [0.25, 0.3) is 0 Å². The monoisotopic (exact) mass is 392 g/mol. The molecule has 1 aliphatic carbocycles. The van der Waals surface area contributed by atoms with Crippen LogP contribution in [0.1, 0.15) is 68.7 Å². The highest BCUT2D eigenvalue weighted by Gasteiger charge is 2.40. The van der Waals surface area contributed by atoms with Gasteiger partial charge in [-0.25, -0.2) is 4.79 Å². The van der Waals surface area contributed by atoms with Crippen molar-refractivity contribution >= 4 is 17.8 Å². The van der Waals surface area contributed by atoms with Crippen molar-refractivity contribution < 1.29 is 19.5 Å². The summed E-state index contributed by atoms with van der Waals surface area (Å²) in [5.74, 6) is -1.29. The van der Waals surface area contributed by atoms with Crippen LogP contribution < -0.4 is 5.32 Å². The molecule has 29 heavy (non-hydrogen) atoms. The summed E-state index contributed by atoms with van der Waals surface area (Å²) in [6.45, 7) is 0.624.